The fraction of sp³-hybridized carbons (Fsp3) is 0.318. The van der Waals surface area contributed by atoms with Gasteiger partial charge in [-0.25, -0.2) is 9.18 Å². The zero-order chi connectivity index (χ0) is 22.1. The van der Waals surface area contributed by atoms with E-state index in [9.17, 15) is 18.8 Å². The molecule has 0 aromatic heterocycles. The molecule has 31 heavy (non-hydrogen) atoms. The lowest BCUT2D eigenvalue weighted by Gasteiger charge is -2.26. The number of hydrogen-bond acceptors (Lipinski definition) is 4. The van der Waals surface area contributed by atoms with E-state index in [1.54, 1.807) is 19.2 Å². The highest BCUT2D eigenvalue weighted by atomic mass is 35.5. The predicted octanol–water partition coefficient (Wildman–Crippen LogP) is 4.02. The number of amides is 3. The predicted molar refractivity (Wildman–Crippen MR) is 112 cm³/mol. The first-order valence-electron chi connectivity index (χ1n) is 9.94. The molecule has 1 aliphatic carbocycles. The van der Waals surface area contributed by atoms with E-state index in [1.807, 2.05) is 6.07 Å². The number of halogens is 2. The molecule has 0 saturated carbocycles. The number of nitrogens with zero attached hydrogens (tertiary/aromatic N) is 1. The number of carbonyl (C=O) groups is 3. The molecular weight excluding hydrogens is 425 g/mol. The summed E-state index contributed by atoms with van der Waals surface area (Å²) in [5, 5.41) is 5.27. The van der Waals surface area contributed by atoms with Crippen LogP contribution in [0.15, 0.2) is 36.4 Å². The Bertz CT molecular complexity index is 1060. The van der Waals surface area contributed by atoms with E-state index in [2.05, 4.69) is 10.6 Å². The number of fused-ring (bicyclic) bond motifs is 1. The van der Waals surface area contributed by atoms with Crippen molar-refractivity contribution in [3.8, 4) is 0 Å². The van der Waals surface area contributed by atoms with Gasteiger partial charge >= 0.3 is 6.09 Å². The zero-order valence-electron chi connectivity index (χ0n) is 16.8. The molecule has 0 unspecified atom stereocenters. The topological polar surface area (TPSA) is 87.7 Å². The van der Waals surface area contributed by atoms with E-state index in [1.165, 1.54) is 23.1 Å². The molecule has 9 heteroatoms. The fourth-order valence-electron chi connectivity index (χ4n) is 4.03. The van der Waals surface area contributed by atoms with Crippen LogP contribution in [0.25, 0.3) is 0 Å². The van der Waals surface area contributed by atoms with Crippen LogP contribution in [-0.4, -0.2) is 36.1 Å². The molecule has 2 aliphatic rings. The molecular formula is C22H21ClFN3O4. The molecule has 3 amide bonds. The van der Waals surface area contributed by atoms with Gasteiger partial charge in [0, 0.05) is 31.1 Å². The number of nitrogens with one attached hydrogen (secondary N) is 2. The SMILES string of the molecule is CN(C(=O)O[C@@H]1CCC(=O)N1)[C@H]1CCc2c(C(=O)Nc3ccc(F)c(Cl)c3)cccc21. The smallest absolute Gasteiger partial charge is 0.411 e. The number of rotatable bonds is 4. The molecule has 1 aliphatic heterocycles. The maximum atomic E-state index is 13.4. The van der Waals surface area contributed by atoms with Crippen LogP contribution in [0.4, 0.5) is 14.9 Å². The van der Waals surface area contributed by atoms with Crippen LogP contribution < -0.4 is 10.6 Å². The average Bonchev–Trinajstić information content (AvgIpc) is 3.35. The summed E-state index contributed by atoms with van der Waals surface area (Å²) >= 11 is 5.79. The van der Waals surface area contributed by atoms with Crippen molar-refractivity contribution in [2.45, 2.75) is 38.0 Å². The third kappa shape index (κ3) is 4.34. The van der Waals surface area contributed by atoms with Gasteiger partial charge in [0.25, 0.3) is 5.91 Å². The van der Waals surface area contributed by atoms with Crippen molar-refractivity contribution in [3.05, 3.63) is 63.9 Å². The molecule has 1 saturated heterocycles. The molecule has 2 aromatic carbocycles. The maximum Gasteiger partial charge on any atom is 0.411 e. The van der Waals surface area contributed by atoms with E-state index in [-0.39, 0.29) is 22.9 Å². The van der Waals surface area contributed by atoms with Crippen molar-refractivity contribution in [2.24, 2.45) is 0 Å². The second-order valence-corrected chi connectivity index (χ2v) is 8.01. The summed E-state index contributed by atoms with van der Waals surface area (Å²) in [4.78, 5) is 38.2. The minimum Gasteiger partial charge on any atom is -0.425 e. The summed E-state index contributed by atoms with van der Waals surface area (Å²) in [6.07, 6.45) is 0.919. The maximum absolute atomic E-state index is 13.4. The monoisotopic (exact) mass is 445 g/mol. The second kappa shape index (κ2) is 8.55. The standard InChI is InChI=1S/C22H21ClFN3O4/c1-27(22(30)31-20-10-9-19(28)26-20)18-8-6-13-14(18)3-2-4-15(13)21(29)25-12-5-7-17(24)16(23)11-12/h2-5,7,11,18,20H,6,8-10H2,1H3,(H,25,29)(H,26,28)/t18-,20+/m0/s1. The lowest BCUT2D eigenvalue weighted by atomic mass is 10.0. The van der Waals surface area contributed by atoms with Gasteiger partial charge in [-0.05, 0) is 48.2 Å². The van der Waals surface area contributed by atoms with Crippen LogP contribution in [0.1, 0.15) is 46.8 Å². The Morgan fingerprint density at radius 3 is 2.74 bits per heavy atom. The number of benzene rings is 2. The summed E-state index contributed by atoms with van der Waals surface area (Å²) in [5.41, 5.74) is 2.61. The first kappa shape index (κ1) is 21.1. The number of hydrogen-bond donors (Lipinski definition) is 2. The van der Waals surface area contributed by atoms with E-state index >= 15 is 0 Å². The average molecular weight is 446 g/mol. The van der Waals surface area contributed by atoms with Crippen LogP contribution in [-0.2, 0) is 16.0 Å². The van der Waals surface area contributed by atoms with Crippen molar-refractivity contribution < 1.29 is 23.5 Å². The van der Waals surface area contributed by atoms with Gasteiger partial charge < -0.3 is 20.3 Å². The van der Waals surface area contributed by atoms with Crippen LogP contribution in [0.3, 0.4) is 0 Å². The minimum absolute atomic E-state index is 0.0743. The molecule has 7 nitrogen and oxygen atoms in total. The summed E-state index contributed by atoms with van der Waals surface area (Å²) in [7, 11) is 1.64. The molecule has 1 heterocycles. The quantitative estimate of drug-likeness (QED) is 0.744. The lowest BCUT2D eigenvalue weighted by Crippen LogP contribution is -2.37. The van der Waals surface area contributed by atoms with Crippen LogP contribution in [0.2, 0.25) is 5.02 Å². The highest BCUT2D eigenvalue weighted by molar-refractivity contribution is 6.31. The highest BCUT2D eigenvalue weighted by Crippen LogP contribution is 2.37. The third-order valence-corrected chi connectivity index (χ3v) is 5.90. The van der Waals surface area contributed by atoms with Gasteiger partial charge in [-0.3, -0.25) is 9.59 Å². The van der Waals surface area contributed by atoms with E-state index in [0.29, 0.717) is 36.9 Å². The van der Waals surface area contributed by atoms with Crippen molar-refractivity contribution in [1.29, 1.82) is 0 Å². The van der Waals surface area contributed by atoms with Crippen molar-refractivity contribution in [2.75, 3.05) is 12.4 Å². The highest BCUT2D eigenvalue weighted by Gasteiger charge is 2.34. The third-order valence-electron chi connectivity index (χ3n) is 5.62. The molecule has 0 radical (unpaired) electrons. The Hall–Kier alpha value is -3.13. The molecule has 0 spiro atoms. The van der Waals surface area contributed by atoms with E-state index in [4.69, 9.17) is 16.3 Å². The summed E-state index contributed by atoms with van der Waals surface area (Å²) in [6, 6.07) is 9.11. The van der Waals surface area contributed by atoms with Crippen LogP contribution in [0, 0.1) is 5.82 Å². The van der Waals surface area contributed by atoms with Crippen LogP contribution >= 0.6 is 11.6 Å². The zero-order valence-corrected chi connectivity index (χ0v) is 17.5. The molecule has 2 atom stereocenters. The number of anilines is 1. The molecule has 2 N–H and O–H groups in total. The van der Waals surface area contributed by atoms with Gasteiger partial charge in [-0.15, -0.1) is 0 Å². The van der Waals surface area contributed by atoms with E-state index < -0.39 is 18.1 Å². The minimum atomic E-state index is -0.608. The first-order valence-corrected chi connectivity index (χ1v) is 10.3. The summed E-state index contributed by atoms with van der Waals surface area (Å²) in [5.74, 6) is -1.03. The van der Waals surface area contributed by atoms with Crippen molar-refractivity contribution in [3.63, 3.8) is 0 Å². The fourth-order valence-corrected chi connectivity index (χ4v) is 4.21. The Kier molecular flexibility index (Phi) is 5.82. The van der Waals surface area contributed by atoms with Crippen molar-refractivity contribution in [1.82, 2.24) is 10.2 Å². The van der Waals surface area contributed by atoms with Crippen LogP contribution in [0.5, 0.6) is 0 Å². The van der Waals surface area contributed by atoms with Gasteiger partial charge in [0.2, 0.25) is 5.91 Å². The lowest BCUT2D eigenvalue weighted by molar-refractivity contribution is -0.120. The largest absolute Gasteiger partial charge is 0.425 e. The number of ether oxygens (including phenoxy) is 1. The van der Waals surface area contributed by atoms with E-state index in [0.717, 1.165) is 11.1 Å². The molecule has 162 valence electrons. The normalized spacial score (nSPS) is 19.5. The molecule has 1 fully saturated rings. The molecule has 0 bridgehead atoms. The van der Waals surface area contributed by atoms with Gasteiger partial charge in [-0.2, -0.15) is 0 Å². The van der Waals surface area contributed by atoms with Gasteiger partial charge in [0.05, 0.1) is 11.1 Å². The van der Waals surface area contributed by atoms with Gasteiger partial charge in [-0.1, -0.05) is 23.7 Å². The summed E-state index contributed by atoms with van der Waals surface area (Å²) < 4.78 is 18.7. The Morgan fingerprint density at radius 2 is 2.03 bits per heavy atom. The Labute approximate surface area is 183 Å². The van der Waals surface area contributed by atoms with Gasteiger partial charge in [0.1, 0.15) is 5.82 Å². The Morgan fingerprint density at radius 1 is 1.23 bits per heavy atom. The van der Waals surface area contributed by atoms with Crippen molar-refractivity contribution >= 4 is 35.2 Å². The number of carbonyl (C=O) groups excluding carboxylic acids is 3. The second-order valence-electron chi connectivity index (χ2n) is 7.60. The van der Waals surface area contributed by atoms with Gasteiger partial charge in [0.15, 0.2) is 6.23 Å². The Balaban J connectivity index is 1.49. The first-order chi connectivity index (χ1) is 14.8. The molecule has 2 aromatic rings. The molecule has 4 rings (SSSR count). The summed E-state index contributed by atoms with van der Waals surface area (Å²) in [6.45, 7) is 0.